The van der Waals surface area contributed by atoms with Gasteiger partial charge in [0.25, 0.3) is 0 Å². The van der Waals surface area contributed by atoms with Crippen LogP contribution < -0.4 is 9.88 Å². The number of benzene rings is 2. The summed E-state index contributed by atoms with van der Waals surface area (Å²) in [7, 11) is -4.46. The van der Waals surface area contributed by atoms with Gasteiger partial charge in [-0.3, -0.25) is 4.79 Å². The Labute approximate surface area is 248 Å². The van der Waals surface area contributed by atoms with Crippen molar-refractivity contribution in [2.75, 3.05) is 18.8 Å². The van der Waals surface area contributed by atoms with E-state index >= 15 is 0 Å². The number of hydrogen-bond donors (Lipinski definition) is 1. The molecule has 3 aromatic rings. The van der Waals surface area contributed by atoms with Crippen molar-refractivity contribution in [3.63, 3.8) is 0 Å². The van der Waals surface area contributed by atoms with E-state index in [1.165, 1.54) is 16.9 Å². The number of amides is 1. The van der Waals surface area contributed by atoms with E-state index in [1.807, 2.05) is 0 Å². The average Bonchev–Trinajstić information content (AvgIpc) is 3.36. The van der Waals surface area contributed by atoms with Gasteiger partial charge >= 0.3 is 6.61 Å². The van der Waals surface area contributed by atoms with Gasteiger partial charge in [-0.2, -0.15) is 18.0 Å². The Morgan fingerprint density at radius 2 is 1.88 bits per heavy atom. The number of primary sulfonamides is 1. The quantitative estimate of drug-likeness (QED) is 0.233. The number of piperidine rings is 1. The molecular formula is C26H30F4N6O5S2. The molecule has 0 bridgehead atoms. The number of tetrazole rings is 1. The molecule has 11 nitrogen and oxygen atoms in total. The number of ether oxygens (including phenoxy) is 1. The van der Waals surface area contributed by atoms with Gasteiger partial charge in [-0.05, 0) is 90.3 Å². The molecule has 2 N–H and O–H groups in total. The van der Waals surface area contributed by atoms with Crippen LogP contribution in [0.1, 0.15) is 42.6 Å². The first-order valence-electron chi connectivity index (χ1n) is 13.3. The summed E-state index contributed by atoms with van der Waals surface area (Å²) < 4.78 is 93.9. The van der Waals surface area contributed by atoms with Crippen LogP contribution in [0.15, 0.2) is 40.1 Å². The number of halogens is 4. The van der Waals surface area contributed by atoms with Crippen LogP contribution in [-0.4, -0.2) is 69.4 Å². The highest BCUT2D eigenvalue weighted by Gasteiger charge is 2.28. The first-order valence-corrected chi connectivity index (χ1v) is 16.2. The Balaban J connectivity index is 1.29. The molecule has 234 valence electrons. The van der Waals surface area contributed by atoms with Gasteiger partial charge in [-0.25, -0.2) is 17.9 Å². The van der Waals surface area contributed by atoms with Gasteiger partial charge < -0.3 is 14.2 Å². The van der Waals surface area contributed by atoms with Gasteiger partial charge in [0.15, 0.2) is 16.5 Å². The van der Waals surface area contributed by atoms with Gasteiger partial charge in [0.2, 0.25) is 21.7 Å². The molecule has 4 rings (SSSR count). The fourth-order valence-electron chi connectivity index (χ4n) is 4.88. The van der Waals surface area contributed by atoms with E-state index in [0.29, 0.717) is 50.2 Å². The van der Waals surface area contributed by atoms with Crippen molar-refractivity contribution < 1.29 is 40.1 Å². The van der Waals surface area contributed by atoms with Gasteiger partial charge in [-0.15, -0.1) is 10.2 Å². The highest BCUT2D eigenvalue weighted by molar-refractivity contribution is 7.91. The number of alkyl halides is 2. The Hall–Kier alpha value is -3.28. The number of carbonyl (C=O) groups is 1. The summed E-state index contributed by atoms with van der Waals surface area (Å²) in [6.07, 6.45) is 2.24. The molecule has 0 saturated carbocycles. The van der Waals surface area contributed by atoms with Crippen molar-refractivity contribution in [1.82, 2.24) is 25.1 Å². The standard InChI is InChI=1S/C26H30F4N6O5S2/c1-16-32-34-36(33-16)15-19-14-20(41-26(29)30)4-2-18(19)3-7-23(37)35-11-8-17(9-12-35)10-13-42(38)21-5-6-22(43(31,39)40)25(28)24(21)27/h2,4-6,14,17,26H,3,7-13,15H2,1H3,(H2,31,39,40). The molecule has 43 heavy (non-hydrogen) atoms. The summed E-state index contributed by atoms with van der Waals surface area (Å²) >= 11 is -1.90. The van der Waals surface area contributed by atoms with Crippen molar-refractivity contribution in [3.8, 4) is 5.75 Å². The number of aryl methyl sites for hydroxylation is 2. The molecule has 1 aliphatic rings. The Morgan fingerprint density at radius 1 is 1.16 bits per heavy atom. The Bertz CT molecular complexity index is 1550. The molecular weight excluding hydrogens is 616 g/mol. The predicted octanol–water partition coefficient (Wildman–Crippen LogP) is 2.93. The van der Waals surface area contributed by atoms with Crippen LogP contribution >= 0.6 is 0 Å². The van der Waals surface area contributed by atoms with E-state index in [1.54, 1.807) is 17.9 Å². The van der Waals surface area contributed by atoms with Crippen molar-refractivity contribution in [2.24, 2.45) is 11.1 Å². The predicted molar refractivity (Wildman–Crippen MR) is 146 cm³/mol. The normalized spacial score (nSPS) is 15.2. The van der Waals surface area contributed by atoms with Crippen molar-refractivity contribution >= 4 is 27.1 Å². The maximum atomic E-state index is 14.4. The van der Waals surface area contributed by atoms with E-state index in [9.17, 15) is 35.3 Å². The molecule has 2 heterocycles. The number of nitrogens with two attached hydrogens (primary N) is 1. The van der Waals surface area contributed by atoms with Gasteiger partial charge in [-0.1, -0.05) is 6.07 Å². The molecule has 17 heteroatoms. The minimum Gasteiger partial charge on any atom is -0.611 e. The number of carbonyl (C=O) groups excluding carboxylic acids is 1. The first kappa shape index (κ1) is 32.6. The SMILES string of the molecule is Cc1nnn(Cc2cc(OC(F)F)ccc2CCC(=O)N2CCC(CC[S+]([O-])c3ccc(S(N)(=O)=O)c(F)c3F)CC2)n1. The van der Waals surface area contributed by atoms with Crippen LogP contribution in [0.3, 0.4) is 0 Å². The molecule has 0 aliphatic carbocycles. The monoisotopic (exact) mass is 646 g/mol. The second kappa shape index (κ2) is 14.0. The summed E-state index contributed by atoms with van der Waals surface area (Å²) in [6.45, 7) is -0.218. The molecule has 1 saturated heterocycles. The average molecular weight is 647 g/mol. The zero-order valence-electron chi connectivity index (χ0n) is 23.1. The lowest BCUT2D eigenvalue weighted by Gasteiger charge is -2.32. The zero-order chi connectivity index (χ0) is 31.3. The Morgan fingerprint density at radius 3 is 2.51 bits per heavy atom. The fraction of sp³-hybridized carbons (Fsp3) is 0.462. The first-order chi connectivity index (χ1) is 20.3. The fourth-order valence-corrected chi connectivity index (χ4v) is 6.75. The van der Waals surface area contributed by atoms with Crippen LogP contribution in [0.5, 0.6) is 5.75 Å². The van der Waals surface area contributed by atoms with Crippen molar-refractivity contribution in [3.05, 3.63) is 58.9 Å². The molecule has 0 spiro atoms. The maximum Gasteiger partial charge on any atom is 0.387 e. The molecule has 1 amide bonds. The third kappa shape index (κ3) is 8.64. The van der Waals surface area contributed by atoms with Gasteiger partial charge in [0.05, 0.1) is 6.54 Å². The number of likely N-dealkylation sites (tertiary alicyclic amines) is 1. The molecule has 1 fully saturated rings. The van der Waals surface area contributed by atoms with E-state index in [-0.39, 0.29) is 36.3 Å². The largest absolute Gasteiger partial charge is 0.611 e. The number of sulfonamides is 1. The highest BCUT2D eigenvalue weighted by atomic mass is 32.2. The third-order valence-corrected chi connectivity index (χ3v) is 9.46. The minimum atomic E-state index is -4.46. The van der Waals surface area contributed by atoms with Crippen LogP contribution in [0.25, 0.3) is 0 Å². The molecule has 1 aliphatic heterocycles. The summed E-state index contributed by atoms with van der Waals surface area (Å²) in [5.74, 6) is -2.66. The number of rotatable bonds is 12. The second-order valence-corrected chi connectivity index (χ2v) is 13.1. The van der Waals surface area contributed by atoms with Crippen molar-refractivity contribution in [1.29, 1.82) is 0 Å². The summed E-state index contributed by atoms with van der Waals surface area (Å²) in [4.78, 5) is 14.6. The number of aromatic nitrogens is 4. The lowest BCUT2D eigenvalue weighted by molar-refractivity contribution is -0.132. The summed E-state index contributed by atoms with van der Waals surface area (Å²) in [6, 6.07) is 6.28. The summed E-state index contributed by atoms with van der Waals surface area (Å²) in [5.41, 5.74) is 1.37. The van der Waals surface area contributed by atoms with Crippen LogP contribution in [0.4, 0.5) is 17.6 Å². The number of hydrogen-bond acceptors (Lipinski definition) is 8. The van der Waals surface area contributed by atoms with E-state index in [4.69, 9.17) is 5.14 Å². The topological polar surface area (TPSA) is 156 Å². The third-order valence-electron chi connectivity index (χ3n) is 7.12. The molecule has 1 unspecified atom stereocenters. The molecule has 1 atom stereocenters. The second-order valence-electron chi connectivity index (χ2n) is 10.1. The van der Waals surface area contributed by atoms with Crippen molar-refractivity contribution in [2.45, 2.75) is 62.0 Å². The van der Waals surface area contributed by atoms with E-state index < -0.39 is 49.2 Å². The van der Waals surface area contributed by atoms with Crippen LogP contribution in [0, 0.1) is 24.5 Å². The zero-order valence-corrected chi connectivity index (χ0v) is 24.7. The minimum absolute atomic E-state index is 0.0201. The molecule has 2 aromatic carbocycles. The molecule has 1 aromatic heterocycles. The van der Waals surface area contributed by atoms with Gasteiger partial charge in [0.1, 0.15) is 16.4 Å². The highest BCUT2D eigenvalue weighted by Crippen LogP contribution is 2.28. The maximum absolute atomic E-state index is 14.4. The van der Waals surface area contributed by atoms with Gasteiger partial charge in [0, 0.05) is 19.5 Å². The van der Waals surface area contributed by atoms with E-state index in [0.717, 1.165) is 17.7 Å². The van der Waals surface area contributed by atoms with Crippen LogP contribution in [-0.2, 0) is 39.0 Å². The summed E-state index contributed by atoms with van der Waals surface area (Å²) in [5, 5.41) is 16.7. The Kier molecular flexibility index (Phi) is 10.6. The lowest BCUT2D eigenvalue weighted by Crippen LogP contribution is -2.39. The van der Waals surface area contributed by atoms with Crippen LogP contribution in [0.2, 0.25) is 0 Å². The number of nitrogens with zero attached hydrogens (tertiary/aromatic N) is 5. The smallest absolute Gasteiger partial charge is 0.387 e. The molecule has 0 radical (unpaired) electrons. The van der Waals surface area contributed by atoms with E-state index in [2.05, 4.69) is 20.1 Å². The lowest BCUT2D eigenvalue weighted by atomic mass is 9.94.